The highest BCUT2D eigenvalue weighted by atomic mass is 16.7. The molecule has 3 aromatic heterocycles. The van der Waals surface area contributed by atoms with Crippen LogP contribution < -0.4 is 31.9 Å². The summed E-state index contributed by atoms with van der Waals surface area (Å²) >= 11 is 0. The summed E-state index contributed by atoms with van der Waals surface area (Å²) in [5.74, 6) is -6.54. The number of aromatic nitrogens is 6. The van der Waals surface area contributed by atoms with Crippen LogP contribution in [0.25, 0.3) is 0 Å². The van der Waals surface area contributed by atoms with Crippen molar-refractivity contribution < 1.29 is 42.5 Å². The Kier molecular flexibility index (Phi) is 22.7. The highest BCUT2D eigenvalue weighted by Crippen LogP contribution is 2.25. The van der Waals surface area contributed by atoms with Crippen molar-refractivity contribution in [1.29, 1.82) is 0 Å². The van der Waals surface area contributed by atoms with Gasteiger partial charge in [-0.25, -0.2) is 15.0 Å². The Balaban J connectivity index is 1.25. The molecule has 0 spiro atoms. The zero-order chi connectivity index (χ0) is 57.7. The third-order valence-corrected chi connectivity index (χ3v) is 13.1. The molecule has 0 unspecified atom stereocenters. The molecule has 6 N–H and O–H groups in total. The summed E-state index contributed by atoms with van der Waals surface area (Å²) in [7, 11) is -3.92. The van der Waals surface area contributed by atoms with Crippen LogP contribution in [-0.4, -0.2) is 123 Å². The number of hydrogen-bond acceptors (Lipinski definition) is 15. The van der Waals surface area contributed by atoms with E-state index in [9.17, 15) is 28.8 Å². The maximum Gasteiger partial charge on any atom is 0.453 e. The van der Waals surface area contributed by atoms with E-state index < -0.39 is 92.7 Å². The summed E-state index contributed by atoms with van der Waals surface area (Å²) in [6.45, 7) is 11.8. The Morgan fingerprint density at radius 3 is 0.864 bits per heavy atom. The first kappa shape index (κ1) is 60.4. The van der Waals surface area contributed by atoms with Gasteiger partial charge in [0.05, 0.1) is 36.4 Å². The first-order chi connectivity index (χ1) is 39.1. The molecule has 1 saturated heterocycles. The van der Waals surface area contributed by atoms with Gasteiger partial charge in [-0.05, 0) is 53.7 Å². The first-order valence-corrected chi connectivity index (χ1v) is 27.3. The van der Waals surface area contributed by atoms with E-state index in [-0.39, 0.29) is 73.4 Å². The Bertz CT molecular complexity index is 2630. The number of hydrogen-bond donors (Lipinski definition) is 6. The molecule has 0 aliphatic carbocycles. The molecule has 1 fully saturated rings. The van der Waals surface area contributed by atoms with Gasteiger partial charge < -0.3 is 45.6 Å². The smallest absolute Gasteiger partial charge is 0.450 e. The van der Waals surface area contributed by atoms with Crippen molar-refractivity contribution in [2.75, 3.05) is 0 Å². The fraction of sp³-hybridized carbons (Fsp3) is 0.368. The van der Waals surface area contributed by atoms with Crippen LogP contribution in [-0.2, 0) is 47.4 Å². The molecule has 4 heterocycles. The molecule has 420 valence electrons. The molecule has 0 saturated carbocycles. The van der Waals surface area contributed by atoms with Crippen molar-refractivity contribution in [3.05, 3.63) is 181 Å². The lowest BCUT2D eigenvalue weighted by Crippen LogP contribution is -2.69. The summed E-state index contributed by atoms with van der Waals surface area (Å²) in [6.07, 6.45) is 13.6. The van der Waals surface area contributed by atoms with E-state index in [1.54, 1.807) is 0 Å². The molecular weight excluding hydrogens is 1030 g/mol. The minimum atomic E-state index is -1.31. The Hall–Kier alpha value is -8.21. The molecule has 7 rings (SSSR count). The molecule has 1 aliphatic rings. The first-order valence-electron chi connectivity index (χ1n) is 27.3. The number of nitrogens with zero attached hydrogens (tertiary/aromatic N) is 6. The quantitative estimate of drug-likeness (QED) is 0.0394. The second-order valence-electron chi connectivity index (χ2n) is 21.2. The van der Waals surface area contributed by atoms with Gasteiger partial charge in [-0.3, -0.25) is 43.7 Å². The maximum atomic E-state index is 14.9. The van der Waals surface area contributed by atoms with Gasteiger partial charge in [0.2, 0.25) is 17.7 Å². The van der Waals surface area contributed by atoms with Crippen LogP contribution in [0.15, 0.2) is 147 Å². The average molecular weight is 1100 g/mol. The molecule has 21 nitrogen and oxygen atoms in total. The fourth-order valence-corrected chi connectivity index (χ4v) is 9.27. The molecule has 24 heteroatoms. The van der Waals surface area contributed by atoms with Gasteiger partial charge in [0, 0.05) is 56.4 Å². The van der Waals surface area contributed by atoms with Gasteiger partial charge in [-0.2, -0.15) is 0 Å². The number of amides is 6. The summed E-state index contributed by atoms with van der Waals surface area (Å²) in [5, 5.41) is 18.0. The molecule has 81 heavy (non-hydrogen) atoms. The summed E-state index contributed by atoms with van der Waals surface area (Å²) in [4.78, 5) is 110. The van der Waals surface area contributed by atoms with Gasteiger partial charge in [0.1, 0.15) is 35.2 Å². The molecule has 0 bridgehead atoms. The van der Waals surface area contributed by atoms with Crippen LogP contribution >= 0.6 is 0 Å². The van der Waals surface area contributed by atoms with E-state index in [1.165, 1.54) is 55.8 Å². The van der Waals surface area contributed by atoms with E-state index in [1.807, 2.05) is 133 Å². The highest BCUT2D eigenvalue weighted by Gasteiger charge is 2.52. The molecule has 6 amide bonds. The minimum absolute atomic E-state index is 0.0129. The molecule has 3 aromatic carbocycles. The summed E-state index contributed by atoms with van der Waals surface area (Å²) < 4.78 is 20.6. The van der Waals surface area contributed by atoms with Crippen molar-refractivity contribution in [1.82, 2.24) is 61.8 Å². The lowest BCUT2D eigenvalue weighted by molar-refractivity contribution is -0.124. The number of benzene rings is 3. The normalized spacial score (nSPS) is 14.7. The number of nitrogens with one attached hydrogen (secondary N) is 6. The van der Waals surface area contributed by atoms with Gasteiger partial charge in [0.15, 0.2) is 0 Å². The SMILES string of the molecule is CC(C)C[C@@H](NC(=O)[C@@H](Cc1ccccc1)NC(=O)c1cnccn1)B1OB([C@@H](CC(C)C)NC(=O)[C@@H](Cc2ccccc2)NC(=O)c2cnccn2)OB([C@@H](CC(C)C)NC(=O)[C@@H](Cc2ccccc2)NC(=O)c2cnccn2)O1. The van der Waals surface area contributed by atoms with Crippen molar-refractivity contribution in [3.8, 4) is 0 Å². The predicted octanol–water partition coefficient (Wildman–Crippen LogP) is 4.22. The highest BCUT2D eigenvalue weighted by molar-refractivity contribution is 6.75. The molecule has 6 atom stereocenters. The second kappa shape index (κ2) is 30.4. The third kappa shape index (κ3) is 19.0. The number of carbonyl (C=O) groups is 6. The zero-order valence-electron chi connectivity index (χ0n) is 46.4. The van der Waals surface area contributed by atoms with E-state index >= 15 is 0 Å². The third-order valence-electron chi connectivity index (χ3n) is 13.1. The molecule has 1 aliphatic heterocycles. The van der Waals surface area contributed by atoms with Gasteiger partial charge in [0.25, 0.3) is 17.7 Å². The van der Waals surface area contributed by atoms with Crippen molar-refractivity contribution in [3.63, 3.8) is 0 Å². The van der Waals surface area contributed by atoms with Gasteiger partial charge >= 0.3 is 21.4 Å². The number of rotatable bonds is 27. The molecule has 0 radical (unpaired) electrons. The van der Waals surface area contributed by atoms with E-state index in [0.29, 0.717) is 0 Å². The lowest BCUT2D eigenvalue weighted by Gasteiger charge is -2.41. The Morgan fingerprint density at radius 2 is 0.642 bits per heavy atom. The second-order valence-corrected chi connectivity index (χ2v) is 21.2. The summed E-state index contributed by atoms with van der Waals surface area (Å²) in [5.41, 5.74) is 2.35. The van der Waals surface area contributed by atoms with Crippen LogP contribution in [0.1, 0.15) is 109 Å². The minimum Gasteiger partial charge on any atom is -0.450 e. The van der Waals surface area contributed by atoms with Crippen LogP contribution in [0.4, 0.5) is 0 Å². The van der Waals surface area contributed by atoms with Crippen LogP contribution in [0.2, 0.25) is 0 Å². The van der Waals surface area contributed by atoms with Crippen LogP contribution in [0.3, 0.4) is 0 Å². The van der Waals surface area contributed by atoms with Crippen LogP contribution in [0.5, 0.6) is 0 Å². The van der Waals surface area contributed by atoms with Crippen molar-refractivity contribution >= 4 is 56.8 Å². The zero-order valence-corrected chi connectivity index (χ0v) is 46.4. The maximum absolute atomic E-state index is 14.9. The fourth-order valence-electron chi connectivity index (χ4n) is 9.27. The van der Waals surface area contributed by atoms with Crippen LogP contribution in [0, 0.1) is 17.8 Å². The standard InChI is InChI=1S/C57H69B3N12O9/c1-37(2)28-49(70-52(73)43(31-40-16-10-7-11-17-40)67-55(76)46-34-61-22-25-64-46)58-79-59(50(29-38(3)4)71-53(74)44(32-41-18-12-8-13-19-41)68-56(77)47-35-62-23-26-65-47)81-60(80-58)51(30-39(5)6)72-54(75)45(33-42-20-14-9-15-21-42)69-57(78)48-36-63-24-27-66-48/h7-27,34-39,43-45,49-51H,28-33H2,1-6H3,(H,67,76)(H,68,77)(H,69,78)(H,70,73)(H,71,74)(H,72,75)/t43-,44-,45-,49-,50-,51-/m1/s1. The monoisotopic (exact) mass is 1100 g/mol. The predicted molar refractivity (Wildman–Crippen MR) is 305 cm³/mol. The largest absolute Gasteiger partial charge is 0.453 e. The number of carbonyl (C=O) groups excluding carboxylic acids is 6. The van der Waals surface area contributed by atoms with Gasteiger partial charge in [-0.15, -0.1) is 0 Å². The topological polar surface area (TPSA) is 280 Å². The van der Waals surface area contributed by atoms with E-state index in [0.717, 1.165) is 16.7 Å². The van der Waals surface area contributed by atoms with Gasteiger partial charge in [-0.1, -0.05) is 133 Å². The Labute approximate surface area is 473 Å². The average Bonchev–Trinajstić information content (AvgIpc) is 3.50. The molecule has 6 aromatic rings. The van der Waals surface area contributed by atoms with E-state index in [4.69, 9.17) is 13.7 Å². The lowest BCUT2D eigenvalue weighted by atomic mass is 9.58. The Morgan fingerprint density at radius 1 is 0.383 bits per heavy atom. The van der Waals surface area contributed by atoms with Crippen molar-refractivity contribution in [2.45, 2.75) is 116 Å². The molecular formula is C57H69B3N12O9. The summed E-state index contributed by atoms with van der Waals surface area (Å²) in [6, 6.07) is 24.3. The van der Waals surface area contributed by atoms with Crippen molar-refractivity contribution in [2.24, 2.45) is 17.8 Å². The van der Waals surface area contributed by atoms with E-state index in [2.05, 4.69) is 61.8 Å².